The molecule has 1 aromatic rings. The summed E-state index contributed by atoms with van der Waals surface area (Å²) in [5, 5.41) is 0. The third-order valence-corrected chi connectivity index (χ3v) is 2.79. The van der Waals surface area contributed by atoms with Gasteiger partial charge in [-0.05, 0) is 37.0 Å². The molecule has 0 heterocycles. The Labute approximate surface area is 95.9 Å². The van der Waals surface area contributed by atoms with Gasteiger partial charge in [-0.25, -0.2) is 4.79 Å². The van der Waals surface area contributed by atoms with Gasteiger partial charge in [-0.3, -0.25) is 0 Å². The molecule has 1 aliphatic rings. The standard InChI is InChI=1S/C14H16O2/c1-11-6-5-9-13(10-11)16-14(15)12-7-3-2-4-8-12/h2-5,7-9,11,13H,6,10H2,1H3/t11-,13-/m1/s1. The van der Waals surface area contributed by atoms with Crippen LogP contribution in [0.15, 0.2) is 42.5 Å². The average molecular weight is 216 g/mol. The van der Waals surface area contributed by atoms with E-state index in [1.165, 1.54) is 0 Å². The Bertz CT molecular complexity index is 381. The van der Waals surface area contributed by atoms with Crippen LogP contribution in [0, 0.1) is 5.92 Å². The summed E-state index contributed by atoms with van der Waals surface area (Å²) in [6, 6.07) is 9.13. The molecule has 2 atom stereocenters. The quantitative estimate of drug-likeness (QED) is 0.560. The molecule has 0 N–H and O–H groups in total. The average Bonchev–Trinajstić information content (AvgIpc) is 2.30. The predicted octanol–water partition coefficient (Wildman–Crippen LogP) is 3.20. The van der Waals surface area contributed by atoms with Crippen molar-refractivity contribution in [3.63, 3.8) is 0 Å². The minimum Gasteiger partial charge on any atom is -0.455 e. The summed E-state index contributed by atoms with van der Waals surface area (Å²) < 4.78 is 5.42. The predicted molar refractivity (Wildman–Crippen MR) is 63.2 cm³/mol. The Morgan fingerprint density at radius 2 is 2.06 bits per heavy atom. The molecule has 0 amide bonds. The highest BCUT2D eigenvalue weighted by molar-refractivity contribution is 5.89. The number of carbonyl (C=O) groups is 1. The molecule has 0 saturated carbocycles. The molecule has 0 radical (unpaired) electrons. The first kappa shape index (κ1) is 10.9. The van der Waals surface area contributed by atoms with E-state index >= 15 is 0 Å². The first-order valence-electron chi connectivity index (χ1n) is 5.68. The number of hydrogen-bond donors (Lipinski definition) is 0. The lowest BCUT2D eigenvalue weighted by Gasteiger charge is -2.21. The van der Waals surface area contributed by atoms with Gasteiger partial charge in [0, 0.05) is 0 Å². The third-order valence-electron chi connectivity index (χ3n) is 2.79. The Hall–Kier alpha value is -1.57. The van der Waals surface area contributed by atoms with Gasteiger partial charge in [0.2, 0.25) is 0 Å². The summed E-state index contributed by atoms with van der Waals surface area (Å²) in [5.41, 5.74) is 0.620. The number of allylic oxidation sites excluding steroid dienone is 1. The third kappa shape index (κ3) is 2.72. The smallest absolute Gasteiger partial charge is 0.338 e. The molecule has 0 aliphatic heterocycles. The maximum absolute atomic E-state index is 11.8. The second-order valence-electron chi connectivity index (χ2n) is 4.31. The number of rotatable bonds is 2. The van der Waals surface area contributed by atoms with Crippen LogP contribution in [0.5, 0.6) is 0 Å². The molecule has 16 heavy (non-hydrogen) atoms. The lowest BCUT2D eigenvalue weighted by Crippen LogP contribution is -2.21. The Balaban J connectivity index is 1.98. The van der Waals surface area contributed by atoms with Crippen molar-refractivity contribution in [1.29, 1.82) is 0 Å². The van der Waals surface area contributed by atoms with E-state index in [1.807, 2.05) is 24.3 Å². The number of hydrogen-bond acceptors (Lipinski definition) is 2. The Morgan fingerprint density at radius 3 is 2.75 bits per heavy atom. The van der Waals surface area contributed by atoms with E-state index in [2.05, 4.69) is 13.0 Å². The van der Waals surface area contributed by atoms with Gasteiger partial charge in [-0.15, -0.1) is 0 Å². The number of carbonyl (C=O) groups excluding carboxylic acids is 1. The van der Waals surface area contributed by atoms with E-state index in [9.17, 15) is 4.79 Å². The zero-order chi connectivity index (χ0) is 11.4. The fourth-order valence-electron chi connectivity index (χ4n) is 1.90. The molecule has 0 spiro atoms. The Kier molecular flexibility index (Phi) is 3.40. The summed E-state index contributed by atoms with van der Waals surface area (Å²) in [4.78, 5) is 11.8. The van der Waals surface area contributed by atoms with E-state index in [-0.39, 0.29) is 12.1 Å². The van der Waals surface area contributed by atoms with Crippen molar-refractivity contribution in [2.75, 3.05) is 0 Å². The van der Waals surface area contributed by atoms with E-state index in [0.717, 1.165) is 12.8 Å². The molecule has 2 rings (SSSR count). The summed E-state index contributed by atoms with van der Waals surface area (Å²) in [5.74, 6) is 0.364. The molecule has 84 valence electrons. The van der Waals surface area contributed by atoms with Crippen LogP contribution in [0.25, 0.3) is 0 Å². The molecule has 2 heteroatoms. The summed E-state index contributed by atoms with van der Waals surface area (Å²) in [7, 11) is 0. The highest BCUT2D eigenvalue weighted by Crippen LogP contribution is 2.20. The van der Waals surface area contributed by atoms with Gasteiger partial charge in [0.05, 0.1) is 5.56 Å². The number of esters is 1. The number of ether oxygens (including phenoxy) is 1. The monoisotopic (exact) mass is 216 g/mol. The first-order valence-corrected chi connectivity index (χ1v) is 5.68. The van der Waals surface area contributed by atoms with Crippen LogP contribution in [0.2, 0.25) is 0 Å². The molecular weight excluding hydrogens is 200 g/mol. The lowest BCUT2D eigenvalue weighted by atomic mass is 9.94. The second-order valence-corrected chi connectivity index (χ2v) is 4.31. The Morgan fingerprint density at radius 1 is 1.31 bits per heavy atom. The SMILES string of the molecule is C[C@@H]1CC=C[C@@H](OC(=O)c2ccccc2)C1. The maximum Gasteiger partial charge on any atom is 0.338 e. The molecule has 1 aliphatic carbocycles. The van der Waals surface area contributed by atoms with Crippen LogP contribution in [0.4, 0.5) is 0 Å². The van der Waals surface area contributed by atoms with E-state index in [1.54, 1.807) is 12.1 Å². The van der Waals surface area contributed by atoms with Crippen LogP contribution in [0.3, 0.4) is 0 Å². The molecule has 1 aromatic carbocycles. The zero-order valence-corrected chi connectivity index (χ0v) is 9.43. The molecule has 0 aromatic heterocycles. The van der Waals surface area contributed by atoms with E-state index in [4.69, 9.17) is 4.74 Å². The van der Waals surface area contributed by atoms with E-state index < -0.39 is 0 Å². The van der Waals surface area contributed by atoms with Crippen LogP contribution < -0.4 is 0 Å². The zero-order valence-electron chi connectivity index (χ0n) is 9.43. The molecule has 0 saturated heterocycles. The normalized spacial score (nSPS) is 24.1. The van der Waals surface area contributed by atoms with Crippen LogP contribution >= 0.6 is 0 Å². The largest absolute Gasteiger partial charge is 0.455 e. The van der Waals surface area contributed by atoms with Crippen molar-refractivity contribution in [3.05, 3.63) is 48.0 Å². The van der Waals surface area contributed by atoms with Gasteiger partial charge in [-0.1, -0.05) is 31.2 Å². The van der Waals surface area contributed by atoms with Gasteiger partial charge >= 0.3 is 5.97 Å². The number of benzene rings is 1. The van der Waals surface area contributed by atoms with Gasteiger partial charge in [0.15, 0.2) is 0 Å². The minimum absolute atomic E-state index is 0.0588. The topological polar surface area (TPSA) is 26.3 Å². The molecule has 0 bridgehead atoms. The van der Waals surface area contributed by atoms with Crippen molar-refractivity contribution in [2.24, 2.45) is 5.92 Å². The fourth-order valence-corrected chi connectivity index (χ4v) is 1.90. The minimum atomic E-state index is -0.232. The molecule has 0 fully saturated rings. The van der Waals surface area contributed by atoms with Crippen molar-refractivity contribution in [1.82, 2.24) is 0 Å². The molecule has 0 unspecified atom stereocenters. The van der Waals surface area contributed by atoms with Gasteiger partial charge in [0.25, 0.3) is 0 Å². The maximum atomic E-state index is 11.8. The summed E-state index contributed by atoms with van der Waals surface area (Å²) in [6.45, 7) is 2.17. The highest BCUT2D eigenvalue weighted by atomic mass is 16.5. The van der Waals surface area contributed by atoms with Crippen molar-refractivity contribution >= 4 is 5.97 Å². The van der Waals surface area contributed by atoms with Crippen LogP contribution in [0.1, 0.15) is 30.1 Å². The van der Waals surface area contributed by atoms with Gasteiger partial charge < -0.3 is 4.74 Å². The second kappa shape index (κ2) is 4.97. The fraction of sp³-hybridized carbons (Fsp3) is 0.357. The van der Waals surface area contributed by atoms with Crippen LogP contribution in [-0.2, 0) is 4.74 Å². The lowest BCUT2D eigenvalue weighted by molar-refractivity contribution is 0.0344. The van der Waals surface area contributed by atoms with Gasteiger partial charge in [0.1, 0.15) is 6.10 Å². The molecule has 2 nitrogen and oxygen atoms in total. The summed E-state index contributed by atoms with van der Waals surface area (Å²) >= 11 is 0. The molecular formula is C14H16O2. The van der Waals surface area contributed by atoms with Crippen LogP contribution in [-0.4, -0.2) is 12.1 Å². The summed E-state index contributed by atoms with van der Waals surface area (Å²) in [6.07, 6.45) is 6.03. The van der Waals surface area contributed by atoms with Crippen molar-refractivity contribution in [3.8, 4) is 0 Å². The first-order chi connectivity index (χ1) is 7.75. The van der Waals surface area contributed by atoms with Gasteiger partial charge in [-0.2, -0.15) is 0 Å². The highest BCUT2D eigenvalue weighted by Gasteiger charge is 2.18. The van der Waals surface area contributed by atoms with E-state index in [0.29, 0.717) is 11.5 Å². The van der Waals surface area contributed by atoms with Crippen molar-refractivity contribution in [2.45, 2.75) is 25.9 Å². The van der Waals surface area contributed by atoms with Crippen molar-refractivity contribution < 1.29 is 9.53 Å².